The van der Waals surface area contributed by atoms with Crippen LogP contribution >= 0.6 is 0 Å². The molecule has 0 radical (unpaired) electrons. The van der Waals surface area contributed by atoms with Crippen LogP contribution in [0, 0.1) is 0 Å². The molecular formula is C14H25N5O. The Balaban J connectivity index is 2.22. The van der Waals surface area contributed by atoms with Crippen molar-refractivity contribution in [2.24, 2.45) is 0 Å². The highest BCUT2D eigenvalue weighted by molar-refractivity contribution is 5.68. The lowest BCUT2D eigenvalue weighted by molar-refractivity contribution is 0.306. The Labute approximate surface area is 120 Å². The van der Waals surface area contributed by atoms with E-state index in [1.54, 1.807) is 0 Å². The lowest BCUT2D eigenvalue weighted by Gasteiger charge is -2.30. The largest absolute Gasteiger partial charge is 0.476 e. The first kappa shape index (κ1) is 14.8. The quantitative estimate of drug-likeness (QED) is 0.898. The topological polar surface area (TPSA) is 67.5 Å². The third-order valence-electron chi connectivity index (χ3n) is 3.59. The van der Waals surface area contributed by atoms with E-state index in [1.807, 2.05) is 0 Å². The van der Waals surface area contributed by atoms with Crippen molar-refractivity contribution >= 4 is 11.5 Å². The van der Waals surface area contributed by atoms with Crippen LogP contribution in [0.3, 0.4) is 0 Å². The maximum absolute atomic E-state index is 6.20. The zero-order chi connectivity index (χ0) is 14.5. The molecule has 2 heterocycles. The summed E-state index contributed by atoms with van der Waals surface area (Å²) in [6.07, 6.45) is 3.58. The molecule has 1 aliphatic heterocycles. The zero-order valence-electron chi connectivity index (χ0n) is 12.7. The molecule has 0 aromatic carbocycles. The van der Waals surface area contributed by atoms with E-state index in [-0.39, 0.29) is 0 Å². The van der Waals surface area contributed by atoms with E-state index < -0.39 is 0 Å². The number of anilines is 2. The summed E-state index contributed by atoms with van der Waals surface area (Å²) in [5.41, 5.74) is 6.75. The Morgan fingerprint density at radius 3 is 2.95 bits per heavy atom. The first-order chi connectivity index (χ1) is 9.63. The molecule has 2 rings (SSSR count). The van der Waals surface area contributed by atoms with Crippen molar-refractivity contribution in [3.05, 3.63) is 6.33 Å². The Hall–Kier alpha value is -1.56. The van der Waals surface area contributed by atoms with Gasteiger partial charge in [-0.3, -0.25) is 0 Å². The van der Waals surface area contributed by atoms with Gasteiger partial charge in [-0.2, -0.15) is 4.98 Å². The number of ether oxygens (including phenoxy) is 1. The van der Waals surface area contributed by atoms with Crippen LogP contribution < -0.4 is 15.4 Å². The van der Waals surface area contributed by atoms with Crippen molar-refractivity contribution in [2.45, 2.75) is 32.7 Å². The lowest BCUT2D eigenvalue weighted by Crippen LogP contribution is -2.38. The number of aromatic nitrogens is 2. The molecule has 112 valence electrons. The van der Waals surface area contributed by atoms with E-state index in [0.29, 0.717) is 24.2 Å². The molecular weight excluding hydrogens is 254 g/mol. The normalized spacial score (nSPS) is 20.8. The summed E-state index contributed by atoms with van der Waals surface area (Å²) in [6.45, 7) is 7.96. The highest BCUT2D eigenvalue weighted by atomic mass is 16.5. The van der Waals surface area contributed by atoms with Crippen LogP contribution in [0.5, 0.6) is 5.88 Å². The van der Waals surface area contributed by atoms with Crippen LogP contribution in [0.4, 0.5) is 11.5 Å². The van der Waals surface area contributed by atoms with Crippen LogP contribution in [0.15, 0.2) is 6.33 Å². The van der Waals surface area contributed by atoms with Crippen molar-refractivity contribution in [1.82, 2.24) is 14.9 Å². The molecule has 1 atom stereocenters. The predicted octanol–water partition coefficient (Wildman–Crippen LogP) is 1.38. The Kier molecular flexibility index (Phi) is 5.00. The van der Waals surface area contributed by atoms with Crippen LogP contribution in [-0.2, 0) is 0 Å². The number of hydrogen-bond donors (Lipinski definition) is 1. The van der Waals surface area contributed by atoms with Crippen molar-refractivity contribution < 1.29 is 4.74 Å². The SMILES string of the molecule is CCCOc1ncnc(N2CCCN(C)CC2C)c1N. The van der Waals surface area contributed by atoms with Gasteiger partial charge < -0.3 is 20.3 Å². The highest BCUT2D eigenvalue weighted by Gasteiger charge is 2.24. The molecule has 2 N–H and O–H groups in total. The molecule has 20 heavy (non-hydrogen) atoms. The third kappa shape index (κ3) is 3.30. The minimum Gasteiger partial charge on any atom is -0.476 e. The average molecular weight is 279 g/mol. The van der Waals surface area contributed by atoms with Gasteiger partial charge in [-0.15, -0.1) is 0 Å². The van der Waals surface area contributed by atoms with Gasteiger partial charge in [0.1, 0.15) is 12.0 Å². The highest BCUT2D eigenvalue weighted by Crippen LogP contribution is 2.30. The van der Waals surface area contributed by atoms with Crippen molar-refractivity contribution in [1.29, 1.82) is 0 Å². The molecule has 1 aromatic rings. The second kappa shape index (κ2) is 6.74. The number of likely N-dealkylation sites (N-methyl/N-ethyl adjacent to an activating group) is 1. The summed E-state index contributed by atoms with van der Waals surface area (Å²) < 4.78 is 5.59. The minimum absolute atomic E-state index is 0.374. The first-order valence-electron chi connectivity index (χ1n) is 7.32. The molecule has 1 aromatic heterocycles. The molecule has 1 saturated heterocycles. The van der Waals surface area contributed by atoms with Gasteiger partial charge in [-0.1, -0.05) is 6.92 Å². The molecule has 6 nitrogen and oxygen atoms in total. The molecule has 1 aliphatic rings. The smallest absolute Gasteiger partial charge is 0.242 e. The van der Waals surface area contributed by atoms with Crippen molar-refractivity contribution in [3.8, 4) is 5.88 Å². The van der Waals surface area contributed by atoms with Gasteiger partial charge in [-0.05, 0) is 33.4 Å². The fraction of sp³-hybridized carbons (Fsp3) is 0.714. The van der Waals surface area contributed by atoms with Gasteiger partial charge in [0.05, 0.1) is 6.61 Å². The Morgan fingerprint density at radius 1 is 1.40 bits per heavy atom. The second-order valence-electron chi connectivity index (χ2n) is 5.42. The minimum atomic E-state index is 0.374. The third-order valence-corrected chi connectivity index (χ3v) is 3.59. The first-order valence-corrected chi connectivity index (χ1v) is 7.32. The lowest BCUT2D eigenvalue weighted by atomic mass is 10.2. The van der Waals surface area contributed by atoms with E-state index in [1.165, 1.54) is 6.33 Å². The fourth-order valence-electron chi connectivity index (χ4n) is 2.60. The maximum Gasteiger partial charge on any atom is 0.242 e. The van der Waals surface area contributed by atoms with Crippen LogP contribution in [0.2, 0.25) is 0 Å². The van der Waals surface area contributed by atoms with E-state index in [9.17, 15) is 0 Å². The molecule has 1 unspecified atom stereocenters. The summed E-state index contributed by atoms with van der Waals surface area (Å²) in [5.74, 6) is 1.30. The van der Waals surface area contributed by atoms with Crippen LogP contribution in [0.25, 0.3) is 0 Å². The molecule has 1 fully saturated rings. The standard InChI is InChI=1S/C14H25N5O/c1-4-8-20-14-12(15)13(16-10-17-14)19-7-5-6-18(3)9-11(19)2/h10-11H,4-9,15H2,1-3H3. The Bertz CT molecular complexity index is 440. The Morgan fingerprint density at radius 2 is 2.20 bits per heavy atom. The summed E-state index contributed by atoms with van der Waals surface area (Å²) >= 11 is 0. The number of nitrogens with zero attached hydrogens (tertiary/aromatic N) is 4. The van der Waals surface area contributed by atoms with E-state index in [2.05, 4.69) is 40.7 Å². The maximum atomic E-state index is 6.20. The van der Waals surface area contributed by atoms with Crippen LogP contribution in [-0.4, -0.2) is 54.2 Å². The second-order valence-corrected chi connectivity index (χ2v) is 5.42. The van der Waals surface area contributed by atoms with Gasteiger partial charge >= 0.3 is 0 Å². The summed E-state index contributed by atoms with van der Waals surface area (Å²) in [7, 11) is 2.15. The number of nitrogens with two attached hydrogens (primary N) is 1. The summed E-state index contributed by atoms with van der Waals surface area (Å²) in [4.78, 5) is 13.1. The molecule has 0 saturated carbocycles. The van der Waals surface area contributed by atoms with Gasteiger partial charge in [-0.25, -0.2) is 4.98 Å². The summed E-state index contributed by atoms with van der Waals surface area (Å²) in [5, 5.41) is 0. The molecule has 0 spiro atoms. The molecule has 0 bridgehead atoms. The molecule has 0 amide bonds. The van der Waals surface area contributed by atoms with Crippen LogP contribution in [0.1, 0.15) is 26.7 Å². The number of nitrogen functional groups attached to an aromatic ring is 1. The van der Waals surface area contributed by atoms with Gasteiger partial charge in [0.25, 0.3) is 0 Å². The van der Waals surface area contributed by atoms with E-state index in [4.69, 9.17) is 10.5 Å². The number of rotatable bonds is 4. The number of hydrogen-bond acceptors (Lipinski definition) is 6. The van der Waals surface area contributed by atoms with Gasteiger partial charge in [0.15, 0.2) is 5.82 Å². The van der Waals surface area contributed by atoms with Crippen molar-refractivity contribution in [2.75, 3.05) is 43.9 Å². The van der Waals surface area contributed by atoms with Gasteiger partial charge in [0, 0.05) is 19.1 Å². The zero-order valence-corrected chi connectivity index (χ0v) is 12.7. The molecule has 0 aliphatic carbocycles. The van der Waals surface area contributed by atoms with E-state index >= 15 is 0 Å². The van der Waals surface area contributed by atoms with E-state index in [0.717, 1.165) is 38.3 Å². The predicted molar refractivity (Wildman–Crippen MR) is 81.2 cm³/mol. The van der Waals surface area contributed by atoms with Crippen molar-refractivity contribution in [3.63, 3.8) is 0 Å². The monoisotopic (exact) mass is 279 g/mol. The average Bonchev–Trinajstić information content (AvgIpc) is 2.58. The van der Waals surface area contributed by atoms with Gasteiger partial charge in [0.2, 0.25) is 5.88 Å². The fourth-order valence-corrected chi connectivity index (χ4v) is 2.60. The summed E-state index contributed by atoms with van der Waals surface area (Å²) in [6, 6.07) is 0.374. The molecule has 6 heteroatoms.